The lowest BCUT2D eigenvalue weighted by Gasteiger charge is -2.19. The van der Waals surface area contributed by atoms with E-state index in [-0.39, 0.29) is 17.6 Å². The van der Waals surface area contributed by atoms with Crippen molar-refractivity contribution in [3.05, 3.63) is 59.4 Å². The summed E-state index contributed by atoms with van der Waals surface area (Å²) in [7, 11) is 1.52. The van der Waals surface area contributed by atoms with Crippen LogP contribution >= 0.6 is 0 Å². The van der Waals surface area contributed by atoms with E-state index in [1.807, 2.05) is 19.1 Å². The number of likely N-dealkylation sites (N-methyl/N-ethyl adjacent to an activating group) is 1. The first-order valence-electron chi connectivity index (χ1n) is 6.98. The summed E-state index contributed by atoms with van der Waals surface area (Å²) >= 11 is 0. The van der Waals surface area contributed by atoms with Gasteiger partial charge in [0.1, 0.15) is 17.3 Å². The Hall–Kier alpha value is -2.07. The number of aromatic hydroxyl groups is 1. The van der Waals surface area contributed by atoms with Crippen molar-refractivity contribution >= 4 is 0 Å². The third kappa shape index (κ3) is 3.95. The van der Waals surface area contributed by atoms with Crippen molar-refractivity contribution in [1.82, 2.24) is 5.32 Å². The number of phenols is 1. The number of ether oxygens (including phenoxy) is 1. The third-order valence-electron chi connectivity index (χ3n) is 3.41. The molecule has 0 radical (unpaired) electrons. The van der Waals surface area contributed by atoms with Crippen LogP contribution in [-0.4, -0.2) is 18.8 Å². The molecule has 0 aromatic heterocycles. The number of phenolic OH excluding ortho intramolecular Hbond substituents is 1. The molecule has 2 aromatic rings. The summed E-state index contributed by atoms with van der Waals surface area (Å²) in [6.07, 6.45) is 0.650. The molecule has 21 heavy (non-hydrogen) atoms. The second-order valence-electron chi connectivity index (χ2n) is 4.87. The molecular weight excluding hydrogens is 269 g/mol. The van der Waals surface area contributed by atoms with Crippen LogP contribution in [0.25, 0.3) is 0 Å². The summed E-state index contributed by atoms with van der Waals surface area (Å²) in [4.78, 5) is 0. The molecule has 0 spiro atoms. The predicted molar refractivity (Wildman–Crippen MR) is 81.2 cm³/mol. The van der Waals surface area contributed by atoms with Crippen molar-refractivity contribution in [2.75, 3.05) is 13.7 Å². The van der Waals surface area contributed by atoms with Crippen LogP contribution in [0, 0.1) is 5.82 Å². The highest BCUT2D eigenvalue weighted by molar-refractivity contribution is 5.33. The first-order valence-corrected chi connectivity index (χ1v) is 6.98. The first kappa shape index (κ1) is 15.3. The maximum Gasteiger partial charge on any atom is 0.131 e. The fraction of sp³-hybridized carbons (Fsp3) is 0.294. The van der Waals surface area contributed by atoms with Crippen molar-refractivity contribution in [3.8, 4) is 11.5 Å². The average molecular weight is 289 g/mol. The molecule has 1 unspecified atom stereocenters. The van der Waals surface area contributed by atoms with Crippen molar-refractivity contribution < 1.29 is 14.2 Å². The summed E-state index contributed by atoms with van der Waals surface area (Å²) in [6, 6.07) is 11.8. The lowest BCUT2D eigenvalue weighted by molar-refractivity contribution is 0.409. The number of methoxy groups -OCH3 is 1. The molecule has 0 bridgehead atoms. The van der Waals surface area contributed by atoms with Gasteiger partial charge in [0.05, 0.1) is 7.11 Å². The number of hydrogen-bond donors (Lipinski definition) is 2. The van der Waals surface area contributed by atoms with Crippen LogP contribution in [0.4, 0.5) is 4.39 Å². The van der Waals surface area contributed by atoms with Crippen LogP contribution in [0.1, 0.15) is 24.1 Å². The Morgan fingerprint density at radius 2 is 1.90 bits per heavy atom. The zero-order valence-electron chi connectivity index (χ0n) is 12.3. The molecular formula is C17H20FNO2. The van der Waals surface area contributed by atoms with Gasteiger partial charge in [-0.3, -0.25) is 0 Å². The third-order valence-corrected chi connectivity index (χ3v) is 3.41. The maximum absolute atomic E-state index is 14.2. The smallest absolute Gasteiger partial charge is 0.131 e. The Morgan fingerprint density at radius 3 is 2.48 bits per heavy atom. The second-order valence-corrected chi connectivity index (χ2v) is 4.87. The number of rotatable bonds is 6. The SMILES string of the molecule is CCNC(Cc1ccc(O)cc1)c1ccc(OC)cc1F. The summed E-state index contributed by atoms with van der Waals surface area (Å²) in [5, 5.41) is 12.6. The molecule has 4 heteroatoms. The summed E-state index contributed by atoms with van der Waals surface area (Å²) in [5.41, 5.74) is 1.65. The fourth-order valence-corrected chi connectivity index (χ4v) is 2.32. The van der Waals surface area contributed by atoms with Crippen molar-refractivity contribution in [3.63, 3.8) is 0 Å². The molecule has 0 heterocycles. The van der Waals surface area contributed by atoms with E-state index in [1.54, 1.807) is 24.3 Å². The van der Waals surface area contributed by atoms with Gasteiger partial charge in [-0.25, -0.2) is 4.39 Å². The highest BCUT2D eigenvalue weighted by Crippen LogP contribution is 2.25. The van der Waals surface area contributed by atoms with Crippen LogP contribution in [0.15, 0.2) is 42.5 Å². The minimum absolute atomic E-state index is 0.120. The van der Waals surface area contributed by atoms with Crippen LogP contribution in [0.3, 0.4) is 0 Å². The Bertz CT molecular complexity index is 584. The van der Waals surface area contributed by atoms with Gasteiger partial charge in [0.15, 0.2) is 0 Å². The van der Waals surface area contributed by atoms with E-state index in [9.17, 15) is 9.50 Å². The maximum atomic E-state index is 14.2. The van der Waals surface area contributed by atoms with E-state index >= 15 is 0 Å². The van der Waals surface area contributed by atoms with E-state index in [4.69, 9.17) is 4.74 Å². The topological polar surface area (TPSA) is 41.5 Å². The van der Waals surface area contributed by atoms with Crippen molar-refractivity contribution in [2.45, 2.75) is 19.4 Å². The average Bonchev–Trinajstić information content (AvgIpc) is 2.49. The van der Waals surface area contributed by atoms with Gasteiger partial charge in [0.25, 0.3) is 0 Å². The highest BCUT2D eigenvalue weighted by atomic mass is 19.1. The van der Waals surface area contributed by atoms with Crippen molar-refractivity contribution in [2.24, 2.45) is 0 Å². The summed E-state index contributed by atoms with van der Waals surface area (Å²) in [6.45, 7) is 2.74. The van der Waals surface area contributed by atoms with Gasteiger partial charge < -0.3 is 15.2 Å². The van der Waals surface area contributed by atoms with Crippen molar-refractivity contribution in [1.29, 1.82) is 0 Å². The lowest BCUT2D eigenvalue weighted by Crippen LogP contribution is -2.24. The molecule has 0 fully saturated rings. The van der Waals surface area contributed by atoms with Gasteiger partial charge in [-0.05, 0) is 36.7 Å². The van der Waals surface area contributed by atoms with E-state index < -0.39 is 0 Å². The van der Waals surface area contributed by atoms with Crippen LogP contribution in [0.5, 0.6) is 11.5 Å². The molecule has 0 saturated carbocycles. The Kier molecular flexibility index (Phi) is 5.17. The first-order chi connectivity index (χ1) is 10.1. The Balaban J connectivity index is 2.24. The van der Waals surface area contributed by atoms with Gasteiger partial charge in [-0.1, -0.05) is 25.1 Å². The van der Waals surface area contributed by atoms with Gasteiger partial charge in [-0.15, -0.1) is 0 Å². The highest BCUT2D eigenvalue weighted by Gasteiger charge is 2.16. The molecule has 0 aliphatic carbocycles. The molecule has 2 N–H and O–H groups in total. The lowest BCUT2D eigenvalue weighted by atomic mass is 9.98. The number of benzene rings is 2. The van der Waals surface area contributed by atoms with Gasteiger partial charge >= 0.3 is 0 Å². The minimum Gasteiger partial charge on any atom is -0.508 e. The fourth-order valence-electron chi connectivity index (χ4n) is 2.32. The van der Waals surface area contributed by atoms with E-state index in [0.717, 1.165) is 12.1 Å². The molecule has 0 aliphatic rings. The summed E-state index contributed by atoms with van der Waals surface area (Å²) < 4.78 is 19.3. The number of halogens is 1. The standard InChI is InChI=1S/C17H20FNO2/c1-3-19-17(10-12-4-6-13(20)7-5-12)15-9-8-14(21-2)11-16(15)18/h4-9,11,17,19-20H,3,10H2,1-2H3. The molecule has 2 rings (SSSR count). The van der Waals surface area contributed by atoms with E-state index in [0.29, 0.717) is 17.7 Å². The summed E-state index contributed by atoms with van der Waals surface area (Å²) in [5.74, 6) is 0.463. The second kappa shape index (κ2) is 7.09. The molecule has 2 aromatic carbocycles. The molecule has 112 valence electrons. The predicted octanol–water partition coefficient (Wildman–Crippen LogP) is 3.43. The van der Waals surface area contributed by atoms with Gasteiger partial charge in [-0.2, -0.15) is 0 Å². The Morgan fingerprint density at radius 1 is 1.19 bits per heavy atom. The van der Waals surface area contributed by atoms with E-state index in [2.05, 4.69) is 5.32 Å². The molecule has 0 saturated heterocycles. The normalized spacial score (nSPS) is 12.1. The van der Waals surface area contributed by atoms with E-state index in [1.165, 1.54) is 13.2 Å². The van der Waals surface area contributed by atoms with Crippen LogP contribution in [-0.2, 0) is 6.42 Å². The molecule has 0 aliphatic heterocycles. The zero-order chi connectivity index (χ0) is 15.2. The monoisotopic (exact) mass is 289 g/mol. The Labute approximate surface area is 124 Å². The number of hydrogen-bond acceptors (Lipinski definition) is 3. The molecule has 0 amide bonds. The number of nitrogens with one attached hydrogen (secondary N) is 1. The largest absolute Gasteiger partial charge is 0.508 e. The van der Waals surface area contributed by atoms with Crippen LogP contribution < -0.4 is 10.1 Å². The molecule has 3 nitrogen and oxygen atoms in total. The minimum atomic E-state index is -0.279. The van der Waals surface area contributed by atoms with Crippen LogP contribution in [0.2, 0.25) is 0 Å². The molecule has 1 atom stereocenters. The zero-order valence-corrected chi connectivity index (χ0v) is 12.3. The van der Waals surface area contributed by atoms with Gasteiger partial charge in [0, 0.05) is 17.7 Å². The quantitative estimate of drug-likeness (QED) is 0.856. The van der Waals surface area contributed by atoms with Gasteiger partial charge in [0.2, 0.25) is 0 Å².